The number of carbonyl (C=O) groups is 1. The molecule has 3 rings (SSSR count). The molecule has 1 aromatic carbocycles. The summed E-state index contributed by atoms with van der Waals surface area (Å²) in [7, 11) is 0. The Balaban J connectivity index is 1.98. The third kappa shape index (κ3) is 1.86. The van der Waals surface area contributed by atoms with Crippen molar-refractivity contribution in [1.82, 2.24) is 0 Å². The second kappa shape index (κ2) is 3.99. The Bertz CT molecular complexity index is 489. The number of carbonyl (C=O) groups excluding carboxylic acids is 1. The molecule has 88 valence electrons. The summed E-state index contributed by atoms with van der Waals surface area (Å²) < 4.78 is 0. The van der Waals surface area contributed by atoms with Gasteiger partial charge in [-0.2, -0.15) is 0 Å². The van der Waals surface area contributed by atoms with Gasteiger partial charge in [-0.1, -0.05) is 12.1 Å². The highest BCUT2D eigenvalue weighted by Crippen LogP contribution is 2.36. The molecule has 17 heavy (non-hydrogen) atoms. The smallest absolute Gasteiger partial charge is 0.161 e. The zero-order valence-corrected chi connectivity index (χ0v) is 10.0. The Morgan fingerprint density at radius 3 is 2.82 bits per heavy atom. The lowest BCUT2D eigenvalue weighted by molar-refractivity contribution is 0.101. The summed E-state index contributed by atoms with van der Waals surface area (Å²) in [6, 6.07) is 7.84. The number of aliphatic imine (C=N–C) groups is 1. The molecule has 3 nitrogen and oxygen atoms in total. The third-order valence-corrected chi connectivity index (χ3v) is 3.39. The van der Waals surface area contributed by atoms with E-state index in [1.54, 1.807) is 6.92 Å². The quantitative estimate of drug-likeness (QED) is 0.745. The van der Waals surface area contributed by atoms with Crippen molar-refractivity contribution in [2.24, 2.45) is 10.9 Å². The molecule has 1 aliphatic carbocycles. The van der Waals surface area contributed by atoms with Crippen molar-refractivity contribution in [2.45, 2.75) is 19.8 Å². The number of rotatable bonds is 3. The maximum absolute atomic E-state index is 11.6. The number of Topliss-reactive ketones (excluding diaryl/α,β-unsaturated/α-hetero) is 1. The molecule has 1 fully saturated rings. The van der Waals surface area contributed by atoms with Gasteiger partial charge in [0.05, 0.1) is 12.2 Å². The van der Waals surface area contributed by atoms with Crippen molar-refractivity contribution in [2.75, 3.05) is 18.0 Å². The van der Waals surface area contributed by atoms with Gasteiger partial charge in [-0.05, 0) is 31.9 Å². The predicted molar refractivity (Wildman–Crippen MR) is 68.8 cm³/mol. The molecular weight excluding hydrogens is 212 g/mol. The number of hydrogen-bond acceptors (Lipinski definition) is 3. The zero-order chi connectivity index (χ0) is 11.8. The summed E-state index contributed by atoms with van der Waals surface area (Å²) in [6.45, 7) is 3.40. The fourth-order valence-corrected chi connectivity index (χ4v) is 2.41. The van der Waals surface area contributed by atoms with Crippen LogP contribution in [0, 0.1) is 5.92 Å². The number of amidine groups is 1. The van der Waals surface area contributed by atoms with Gasteiger partial charge in [-0.15, -0.1) is 0 Å². The molecule has 1 saturated carbocycles. The summed E-state index contributed by atoms with van der Waals surface area (Å²) in [5.74, 6) is 1.96. The number of para-hydroxylation sites is 1. The fourth-order valence-electron chi connectivity index (χ4n) is 2.41. The molecule has 0 spiro atoms. The van der Waals surface area contributed by atoms with Gasteiger partial charge in [0.15, 0.2) is 5.78 Å². The summed E-state index contributed by atoms with van der Waals surface area (Å²) in [4.78, 5) is 18.5. The van der Waals surface area contributed by atoms with Gasteiger partial charge in [0, 0.05) is 18.0 Å². The lowest BCUT2D eigenvalue weighted by atomic mass is 10.1. The van der Waals surface area contributed by atoms with Crippen molar-refractivity contribution in [3.8, 4) is 0 Å². The van der Waals surface area contributed by atoms with Crippen molar-refractivity contribution in [1.29, 1.82) is 0 Å². The van der Waals surface area contributed by atoms with E-state index >= 15 is 0 Å². The molecule has 0 bridgehead atoms. The van der Waals surface area contributed by atoms with Crippen LogP contribution in [0.15, 0.2) is 29.3 Å². The largest absolute Gasteiger partial charge is 0.327 e. The van der Waals surface area contributed by atoms with Crippen molar-refractivity contribution >= 4 is 17.3 Å². The van der Waals surface area contributed by atoms with Gasteiger partial charge < -0.3 is 4.90 Å². The van der Waals surface area contributed by atoms with Gasteiger partial charge in [0.25, 0.3) is 0 Å². The van der Waals surface area contributed by atoms with E-state index in [9.17, 15) is 4.79 Å². The maximum Gasteiger partial charge on any atom is 0.161 e. The van der Waals surface area contributed by atoms with Gasteiger partial charge in [0.1, 0.15) is 5.84 Å². The van der Waals surface area contributed by atoms with Crippen LogP contribution >= 0.6 is 0 Å². The third-order valence-electron chi connectivity index (χ3n) is 3.39. The van der Waals surface area contributed by atoms with E-state index in [1.807, 2.05) is 24.3 Å². The first-order valence-electron chi connectivity index (χ1n) is 6.19. The predicted octanol–water partition coefficient (Wildman–Crippen LogP) is 2.52. The van der Waals surface area contributed by atoms with Gasteiger partial charge in [-0.3, -0.25) is 9.79 Å². The monoisotopic (exact) mass is 228 g/mol. The lowest BCUT2D eigenvalue weighted by Gasteiger charge is -2.22. The molecule has 0 aromatic heterocycles. The molecule has 0 unspecified atom stereocenters. The fraction of sp³-hybridized carbons (Fsp3) is 0.429. The Kier molecular flexibility index (Phi) is 2.46. The van der Waals surface area contributed by atoms with E-state index in [1.165, 1.54) is 18.7 Å². The molecule has 0 amide bonds. The molecule has 0 saturated heterocycles. The van der Waals surface area contributed by atoms with E-state index in [0.29, 0.717) is 5.92 Å². The van der Waals surface area contributed by atoms with Crippen LogP contribution < -0.4 is 4.90 Å². The molecule has 1 aromatic rings. The van der Waals surface area contributed by atoms with Gasteiger partial charge in [0.2, 0.25) is 0 Å². The standard InChI is InChI=1S/C14H16N2O/c1-10(17)12-4-2-3-5-13(12)16-9-8-15-14(16)11-6-7-11/h2-5,11H,6-9H2,1H3. The van der Waals surface area contributed by atoms with Crippen LogP contribution in [0.1, 0.15) is 30.1 Å². The molecule has 0 radical (unpaired) electrons. The van der Waals surface area contributed by atoms with Crippen LogP contribution in [0.5, 0.6) is 0 Å². The SMILES string of the molecule is CC(=O)c1ccccc1N1CCN=C1C1CC1. The second-order valence-electron chi connectivity index (χ2n) is 4.74. The van der Waals surface area contributed by atoms with Crippen LogP contribution in [-0.2, 0) is 0 Å². The first-order valence-corrected chi connectivity index (χ1v) is 6.19. The second-order valence-corrected chi connectivity index (χ2v) is 4.74. The highest BCUT2D eigenvalue weighted by Gasteiger charge is 2.34. The minimum Gasteiger partial charge on any atom is -0.327 e. The average Bonchev–Trinajstić information content (AvgIpc) is 3.07. The summed E-state index contributed by atoms with van der Waals surface area (Å²) in [5.41, 5.74) is 1.84. The maximum atomic E-state index is 11.6. The van der Waals surface area contributed by atoms with Crippen molar-refractivity contribution in [3.05, 3.63) is 29.8 Å². The van der Waals surface area contributed by atoms with Crippen molar-refractivity contribution < 1.29 is 4.79 Å². The van der Waals surface area contributed by atoms with E-state index in [0.717, 1.165) is 24.3 Å². The summed E-state index contributed by atoms with van der Waals surface area (Å²) >= 11 is 0. The number of hydrogen-bond donors (Lipinski definition) is 0. The molecule has 1 aliphatic heterocycles. The molecule has 1 heterocycles. The Morgan fingerprint density at radius 2 is 2.12 bits per heavy atom. The lowest BCUT2D eigenvalue weighted by Crippen LogP contribution is -2.30. The van der Waals surface area contributed by atoms with Crippen LogP contribution in [0.25, 0.3) is 0 Å². The van der Waals surface area contributed by atoms with Crippen LogP contribution in [-0.4, -0.2) is 24.7 Å². The molecule has 0 atom stereocenters. The first-order chi connectivity index (χ1) is 8.27. The molecule has 3 heteroatoms. The Hall–Kier alpha value is -1.64. The molecule has 2 aliphatic rings. The van der Waals surface area contributed by atoms with E-state index in [-0.39, 0.29) is 5.78 Å². The minimum absolute atomic E-state index is 0.127. The van der Waals surface area contributed by atoms with Gasteiger partial charge in [-0.25, -0.2) is 0 Å². The highest BCUT2D eigenvalue weighted by atomic mass is 16.1. The number of anilines is 1. The highest BCUT2D eigenvalue weighted by molar-refractivity contribution is 6.08. The van der Waals surface area contributed by atoms with E-state index in [4.69, 9.17) is 0 Å². The van der Waals surface area contributed by atoms with E-state index in [2.05, 4.69) is 9.89 Å². The zero-order valence-electron chi connectivity index (χ0n) is 10.0. The minimum atomic E-state index is 0.127. The number of nitrogens with zero attached hydrogens (tertiary/aromatic N) is 2. The van der Waals surface area contributed by atoms with Crippen LogP contribution in [0.2, 0.25) is 0 Å². The summed E-state index contributed by atoms with van der Waals surface area (Å²) in [6.07, 6.45) is 2.50. The molecular formula is C14H16N2O. The first kappa shape index (κ1) is 10.5. The normalized spacial score (nSPS) is 19.4. The van der Waals surface area contributed by atoms with Crippen LogP contribution in [0.3, 0.4) is 0 Å². The van der Waals surface area contributed by atoms with Crippen molar-refractivity contribution in [3.63, 3.8) is 0 Å². The Morgan fingerprint density at radius 1 is 1.35 bits per heavy atom. The van der Waals surface area contributed by atoms with Gasteiger partial charge >= 0.3 is 0 Å². The van der Waals surface area contributed by atoms with Crippen LogP contribution in [0.4, 0.5) is 5.69 Å². The van der Waals surface area contributed by atoms with E-state index < -0.39 is 0 Å². The Labute approximate surface area is 101 Å². The topological polar surface area (TPSA) is 32.7 Å². The molecule has 0 N–H and O–H groups in total. The summed E-state index contributed by atoms with van der Waals surface area (Å²) in [5, 5.41) is 0. The number of ketones is 1. The number of benzene rings is 1. The average molecular weight is 228 g/mol.